The molecule has 1 amide bonds. The summed E-state index contributed by atoms with van der Waals surface area (Å²) in [6, 6.07) is 3.55. The Labute approximate surface area is 138 Å². The number of carbonyl (C=O) groups is 1. The minimum absolute atomic E-state index is 0.111. The average Bonchev–Trinajstić information content (AvgIpc) is 2.52. The van der Waals surface area contributed by atoms with Gasteiger partial charge in [0.2, 0.25) is 0 Å². The summed E-state index contributed by atoms with van der Waals surface area (Å²) in [6.07, 6.45) is 5.16. The number of carbonyl (C=O) groups excluding carboxylic acids is 1. The molecular weight excluding hydrogens is 290 g/mol. The normalized spacial score (nSPS) is 25.4. The molecule has 0 N–H and O–H groups in total. The first-order valence-electron chi connectivity index (χ1n) is 8.36. The molecule has 0 aromatic carbocycles. The van der Waals surface area contributed by atoms with Crippen LogP contribution in [0.2, 0.25) is 0 Å². The van der Waals surface area contributed by atoms with Crippen molar-refractivity contribution in [3.63, 3.8) is 0 Å². The van der Waals surface area contributed by atoms with E-state index in [9.17, 15) is 9.90 Å². The van der Waals surface area contributed by atoms with E-state index in [-0.39, 0.29) is 6.04 Å². The van der Waals surface area contributed by atoms with Gasteiger partial charge in [0.25, 0.3) is 0 Å². The number of aromatic nitrogens is 1. The van der Waals surface area contributed by atoms with E-state index in [4.69, 9.17) is 0 Å². The van der Waals surface area contributed by atoms with Crippen molar-refractivity contribution in [3.05, 3.63) is 30.1 Å². The number of hydrazone groups is 1. The van der Waals surface area contributed by atoms with Gasteiger partial charge in [-0.25, -0.2) is 5.01 Å². The Morgan fingerprint density at radius 2 is 2.00 bits per heavy atom. The highest BCUT2D eigenvalue weighted by Crippen LogP contribution is 2.36. The second kappa shape index (κ2) is 7.57. The van der Waals surface area contributed by atoms with Gasteiger partial charge in [0.15, 0.2) is 6.09 Å². The Bertz CT molecular complexity index is 557. The number of nitrogens with zero attached hydrogens (tertiary/aromatic N) is 3. The van der Waals surface area contributed by atoms with Gasteiger partial charge in [-0.15, -0.1) is 0 Å². The lowest BCUT2D eigenvalue weighted by atomic mass is 9.74. The molecule has 1 fully saturated rings. The van der Waals surface area contributed by atoms with Gasteiger partial charge >= 0.3 is 0 Å². The largest absolute Gasteiger partial charge is 0.529 e. The van der Waals surface area contributed by atoms with Crippen molar-refractivity contribution in [2.45, 2.75) is 53.0 Å². The molecule has 1 aliphatic carbocycles. The quantitative estimate of drug-likeness (QED) is 0.633. The summed E-state index contributed by atoms with van der Waals surface area (Å²) < 4.78 is 0. The van der Waals surface area contributed by atoms with Crippen molar-refractivity contribution in [1.82, 2.24) is 9.99 Å². The molecule has 3 unspecified atom stereocenters. The smallest absolute Gasteiger partial charge is 0.158 e. The van der Waals surface area contributed by atoms with Gasteiger partial charge in [0.05, 0.1) is 11.8 Å². The summed E-state index contributed by atoms with van der Waals surface area (Å²) in [4.78, 5) is 15.7. The molecular formula is C18H26N3O2-. The molecule has 0 aliphatic heterocycles. The maximum atomic E-state index is 11.7. The topological polar surface area (TPSA) is 68.6 Å². The van der Waals surface area contributed by atoms with Gasteiger partial charge in [-0.2, -0.15) is 5.10 Å². The fraction of sp³-hybridized carbons (Fsp3) is 0.611. The summed E-state index contributed by atoms with van der Waals surface area (Å²) >= 11 is 0. The van der Waals surface area contributed by atoms with E-state index in [0.717, 1.165) is 24.8 Å². The monoisotopic (exact) mass is 316 g/mol. The van der Waals surface area contributed by atoms with Gasteiger partial charge in [-0.05, 0) is 49.7 Å². The maximum absolute atomic E-state index is 11.7. The van der Waals surface area contributed by atoms with Crippen LogP contribution in [0.3, 0.4) is 0 Å². The number of pyridine rings is 1. The van der Waals surface area contributed by atoms with Crippen molar-refractivity contribution in [2.75, 3.05) is 0 Å². The molecule has 3 atom stereocenters. The van der Waals surface area contributed by atoms with Crippen LogP contribution >= 0.6 is 0 Å². The molecule has 0 spiro atoms. The maximum Gasteiger partial charge on any atom is 0.158 e. The molecule has 2 rings (SSSR count). The van der Waals surface area contributed by atoms with Crippen molar-refractivity contribution >= 4 is 11.8 Å². The zero-order chi connectivity index (χ0) is 17.0. The van der Waals surface area contributed by atoms with Gasteiger partial charge in [0.1, 0.15) is 0 Å². The summed E-state index contributed by atoms with van der Waals surface area (Å²) in [5.74, 6) is 1.25. The van der Waals surface area contributed by atoms with Crippen LogP contribution in [0.25, 0.3) is 0 Å². The van der Waals surface area contributed by atoms with E-state index in [1.54, 1.807) is 12.4 Å². The molecule has 0 radical (unpaired) electrons. The third kappa shape index (κ3) is 4.30. The Morgan fingerprint density at radius 3 is 2.57 bits per heavy atom. The molecule has 126 valence electrons. The lowest BCUT2D eigenvalue weighted by Gasteiger charge is -2.42. The van der Waals surface area contributed by atoms with Crippen LogP contribution in [-0.2, 0) is 0 Å². The molecule has 1 aromatic rings. The number of hydrogen-bond acceptors (Lipinski definition) is 4. The summed E-state index contributed by atoms with van der Waals surface area (Å²) in [7, 11) is 0. The van der Waals surface area contributed by atoms with Crippen LogP contribution in [0.5, 0.6) is 0 Å². The predicted octanol–water partition coefficient (Wildman–Crippen LogP) is 2.91. The zero-order valence-electron chi connectivity index (χ0n) is 14.4. The van der Waals surface area contributed by atoms with E-state index in [1.807, 2.05) is 19.1 Å². The first kappa shape index (κ1) is 17.4. The van der Waals surface area contributed by atoms with E-state index >= 15 is 0 Å². The van der Waals surface area contributed by atoms with Crippen LogP contribution in [0, 0.1) is 17.8 Å². The van der Waals surface area contributed by atoms with Crippen molar-refractivity contribution in [1.29, 1.82) is 0 Å². The Kier molecular flexibility index (Phi) is 5.74. The fourth-order valence-corrected chi connectivity index (χ4v) is 3.50. The number of rotatable bonds is 4. The molecule has 5 nitrogen and oxygen atoms in total. The SMILES string of the molecule is C/C(=N\N(C(=O)[O-])C1CC(C)CCC1C(C)C)c1ccncc1. The molecule has 23 heavy (non-hydrogen) atoms. The van der Waals surface area contributed by atoms with Gasteiger partial charge in [0, 0.05) is 18.0 Å². The highest BCUT2D eigenvalue weighted by Gasteiger charge is 2.35. The van der Waals surface area contributed by atoms with Crippen LogP contribution in [-0.4, -0.2) is 27.8 Å². The molecule has 1 saturated carbocycles. The summed E-state index contributed by atoms with van der Waals surface area (Å²) in [5, 5.41) is 17.3. The first-order valence-corrected chi connectivity index (χ1v) is 8.36. The second-order valence-electron chi connectivity index (χ2n) is 6.93. The summed E-state index contributed by atoms with van der Waals surface area (Å²) in [6.45, 7) is 8.31. The van der Waals surface area contributed by atoms with Crippen molar-refractivity contribution in [3.8, 4) is 0 Å². The van der Waals surface area contributed by atoms with Crippen LogP contribution in [0.4, 0.5) is 4.79 Å². The number of carboxylic acid groups (broad SMARTS) is 1. The average molecular weight is 316 g/mol. The van der Waals surface area contributed by atoms with Crippen LogP contribution in [0.15, 0.2) is 29.6 Å². The van der Waals surface area contributed by atoms with Crippen LogP contribution in [0.1, 0.15) is 52.5 Å². The van der Waals surface area contributed by atoms with Gasteiger partial charge < -0.3 is 9.90 Å². The van der Waals surface area contributed by atoms with Crippen molar-refractivity contribution in [2.24, 2.45) is 22.9 Å². The molecule has 1 aromatic heterocycles. The summed E-state index contributed by atoms with van der Waals surface area (Å²) in [5.41, 5.74) is 1.54. The number of amides is 1. The standard InChI is InChI=1S/C18H27N3O2/c1-12(2)16-6-5-13(3)11-17(16)21(18(22)23)20-14(4)15-7-9-19-10-8-15/h7-10,12-13,16-17H,5-6,11H2,1-4H3,(H,22,23)/p-1/b20-14+. The van der Waals surface area contributed by atoms with Crippen molar-refractivity contribution < 1.29 is 9.90 Å². The Balaban J connectivity index is 2.31. The third-order valence-electron chi connectivity index (χ3n) is 4.84. The molecule has 0 saturated heterocycles. The lowest BCUT2D eigenvalue weighted by Crippen LogP contribution is -2.51. The minimum atomic E-state index is -1.22. The van der Waals surface area contributed by atoms with E-state index in [1.165, 1.54) is 5.01 Å². The lowest BCUT2D eigenvalue weighted by molar-refractivity contribution is -0.270. The molecule has 0 bridgehead atoms. The first-order chi connectivity index (χ1) is 10.9. The highest BCUT2D eigenvalue weighted by molar-refractivity contribution is 5.98. The number of hydrogen-bond donors (Lipinski definition) is 0. The second-order valence-corrected chi connectivity index (χ2v) is 6.93. The Hall–Kier alpha value is -1.91. The van der Waals surface area contributed by atoms with E-state index in [0.29, 0.717) is 23.5 Å². The van der Waals surface area contributed by atoms with E-state index in [2.05, 4.69) is 30.9 Å². The third-order valence-corrected chi connectivity index (χ3v) is 4.84. The predicted molar refractivity (Wildman–Crippen MR) is 88.8 cm³/mol. The van der Waals surface area contributed by atoms with Gasteiger partial charge in [-0.1, -0.05) is 27.2 Å². The zero-order valence-corrected chi connectivity index (χ0v) is 14.4. The fourth-order valence-electron chi connectivity index (χ4n) is 3.50. The molecule has 5 heteroatoms. The Morgan fingerprint density at radius 1 is 1.35 bits per heavy atom. The molecule has 1 aliphatic rings. The highest BCUT2D eigenvalue weighted by atomic mass is 16.4. The van der Waals surface area contributed by atoms with Crippen LogP contribution < -0.4 is 5.11 Å². The van der Waals surface area contributed by atoms with E-state index < -0.39 is 6.09 Å². The molecule has 1 heterocycles. The minimum Gasteiger partial charge on any atom is -0.529 e. The van der Waals surface area contributed by atoms with Gasteiger partial charge in [-0.3, -0.25) is 4.98 Å².